The average Bonchev–Trinajstić information content (AvgIpc) is 2.69. The number of aromatic nitrogens is 1. The van der Waals surface area contributed by atoms with Gasteiger partial charge in [-0.3, -0.25) is 4.57 Å². The van der Waals surface area contributed by atoms with E-state index < -0.39 is 5.60 Å². The Morgan fingerprint density at radius 2 is 2.06 bits per heavy atom. The Kier molecular flexibility index (Phi) is 2.99. The molecule has 0 amide bonds. The second-order valence-electron chi connectivity index (χ2n) is 5.19. The molecular weight excluding hydrogens is 226 g/mol. The highest BCUT2D eigenvalue weighted by Crippen LogP contribution is 2.20. The quantitative estimate of drug-likeness (QED) is 0.756. The summed E-state index contributed by atoms with van der Waals surface area (Å²) in [5.74, 6) is 0. The molecule has 0 aliphatic heterocycles. The molecule has 0 atom stereocenters. The molecule has 1 aromatic carbocycles. The Labute approximate surface area is 107 Å². The summed E-state index contributed by atoms with van der Waals surface area (Å²) in [6.45, 7) is 9.29. The van der Waals surface area contributed by atoms with Crippen LogP contribution in [0.15, 0.2) is 37.0 Å². The van der Waals surface area contributed by atoms with Crippen LogP contribution in [0, 0.1) is 0 Å². The lowest BCUT2D eigenvalue weighted by Gasteiger charge is -2.19. The SMILES string of the molecule is C=Cc1ccc2ccn(C(=O)OC(C)(C)C)c2c1. The molecule has 0 saturated heterocycles. The molecule has 0 radical (unpaired) electrons. The third-order valence-corrected chi connectivity index (χ3v) is 2.54. The van der Waals surface area contributed by atoms with E-state index in [-0.39, 0.29) is 6.09 Å². The van der Waals surface area contributed by atoms with Gasteiger partial charge in [-0.1, -0.05) is 24.8 Å². The first-order valence-corrected chi connectivity index (χ1v) is 5.87. The first-order valence-electron chi connectivity index (χ1n) is 5.87. The predicted molar refractivity (Wildman–Crippen MR) is 73.7 cm³/mol. The maximum absolute atomic E-state index is 12.0. The number of nitrogens with zero attached hydrogens (tertiary/aromatic N) is 1. The molecule has 94 valence electrons. The van der Waals surface area contributed by atoms with Crippen LogP contribution in [0.4, 0.5) is 4.79 Å². The van der Waals surface area contributed by atoms with Gasteiger partial charge >= 0.3 is 6.09 Å². The first kappa shape index (κ1) is 12.4. The Morgan fingerprint density at radius 1 is 1.33 bits per heavy atom. The molecule has 3 nitrogen and oxygen atoms in total. The van der Waals surface area contributed by atoms with Crippen LogP contribution in [-0.2, 0) is 4.74 Å². The summed E-state index contributed by atoms with van der Waals surface area (Å²) in [6, 6.07) is 7.75. The van der Waals surface area contributed by atoms with Gasteiger partial charge in [-0.15, -0.1) is 0 Å². The summed E-state index contributed by atoms with van der Waals surface area (Å²) in [6.07, 6.45) is 3.12. The van der Waals surface area contributed by atoms with E-state index in [4.69, 9.17) is 4.74 Å². The zero-order valence-corrected chi connectivity index (χ0v) is 10.9. The van der Waals surface area contributed by atoms with Gasteiger partial charge in [-0.2, -0.15) is 0 Å². The van der Waals surface area contributed by atoms with Crippen molar-refractivity contribution in [3.05, 3.63) is 42.6 Å². The zero-order valence-electron chi connectivity index (χ0n) is 10.9. The number of hydrogen-bond donors (Lipinski definition) is 0. The summed E-state index contributed by atoms with van der Waals surface area (Å²) in [5, 5.41) is 1.01. The van der Waals surface area contributed by atoms with Gasteiger partial charge in [0.1, 0.15) is 5.60 Å². The molecule has 1 aromatic heterocycles. The summed E-state index contributed by atoms with van der Waals surface area (Å²) in [5.41, 5.74) is 1.32. The smallest absolute Gasteiger partial charge is 0.418 e. The van der Waals surface area contributed by atoms with Crippen LogP contribution in [-0.4, -0.2) is 16.3 Å². The Morgan fingerprint density at radius 3 is 2.67 bits per heavy atom. The molecule has 3 heteroatoms. The number of benzene rings is 1. The van der Waals surface area contributed by atoms with Crippen molar-refractivity contribution < 1.29 is 9.53 Å². The molecule has 0 aliphatic rings. The van der Waals surface area contributed by atoms with Gasteiger partial charge in [-0.25, -0.2) is 4.79 Å². The second kappa shape index (κ2) is 4.33. The zero-order chi connectivity index (χ0) is 13.3. The van der Waals surface area contributed by atoms with Crippen molar-refractivity contribution in [3.63, 3.8) is 0 Å². The lowest BCUT2D eigenvalue weighted by molar-refractivity contribution is 0.0544. The molecule has 0 unspecified atom stereocenters. The number of hydrogen-bond acceptors (Lipinski definition) is 2. The molecule has 0 saturated carbocycles. The van der Waals surface area contributed by atoms with Gasteiger partial charge in [0.2, 0.25) is 0 Å². The van der Waals surface area contributed by atoms with Crippen LogP contribution < -0.4 is 0 Å². The van der Waals surface area contributed by atoms with E-state index in [0.29, 0.717) is 0 Å². The molecule has 2 rings (SSSR count). The van der Waals surface area contributed by atoms with Crippen molar-refractivity contribution in [1.82, 2.24) is 4.57 Å². The van der Waals surface area contributed by atoms with Gasteiger partial charge in [0.25, 0.3) is 0 Å². The lowest BCUT2D eigenvalue weighted by atomic mass is 10.1. The molecule has 0 N–H and O–H groups in total. The minimum absolute atomic E-state index is 0.362. The Balaban J connectivity index is 2.45. The normalized spacial score (nSPS) is 11.5. The highest BCUT2D eigenvalue weighted by atomic mass is 16.6. The molecule has 2 aromatic rings. The Bertz CT molecular complexity index is 602. The monoisotopic (exact) mass is 243 g/mol. The molecule has 0 bridgehead atoms. The molecular formula is C15H17NO2. The van der Waals surface area contributed by atoms with Crippen molar-refractivity contribution in [3.8, 4) is 0 Å². The number of rotatable bonds is 1. The standard InChI is InChI=1S/C15H17NO2/c1-5-11-6-7-12-8-9-16(13(12)10-11)14(17)18-15(2,3)4/h5-10H,1H2,2-4H3. The van der Waals surface area contributed by atoms with Gasteiger partial charge in [-0.05, 0) is 38.5 Å². The van der Waals surface area contributed by atoms with Crippen LogP contribution in [0.3, 0.4) is 0 Å². The van der Waals surface area contributed by atoms with E-state index in [1.54, 1.807) is 12.3 Å². The summed E-state index contributed by atoms with van der Waals surface area (Å²) in [4.78, 5) is 12.0. The third kappa shape index (κ3) is 2.45. The summed E-state index contributed by atoms with van der Waals surface area (Å²) in [7, 11) is 0. The van der Waals surface area contributed by atoms with E-state index in [1.165, 1.54) is 4.57 Å². The molecule has 18 heavy (non-hydrogen) atoms. The van der Waals surface area contributed by atoms with Crippen molar-refractivity contribution in [2.24, 2.45) is 0 Å². The Hall–Kier alpha value is -2.03. The maximum atomic E-state index is 12.0. The average molecular weight is 243 g/mol. The van der Waals surface area contributed by atoms with E-state index in [1.807, 2.05) is 45.0 Å². The number of carbonyl (C=O) groups excluding carboxylic acids is 1. The van der Waals surface area contributed by atoms with Gasteiger partial charge in [0, 0.05) is 11.6 Å². The van der Waals surface area contributed by atoms with Crippen molar-refractivity contribution >= 4 is 23.1 Å². The maximum Gasteiger partial charge on any atom is 0.418 e. The molecule has 0 fully saturated rings. The largest absolute Gasteiger partial charge is 0.443 e. The van der Waals surface area contributed by atoms with E-state index >= 15 is 0 Å². The van der Waals surface area contributed by atoms with Crippen molar-refractivity contribution in [2.45, 2.75) is 26.4 Å². The van der Waals surface area contributed by atoms with Gasteiger partial charge in [0.05, 0.1) is 5.52 Å². The van der Waals surface area contributed by atoms with Crippen LogP contribution in [0.2, 0.25) is 0 Å². The number of ether oxygens (including phenoxy) is 1. The molecule has 0 aliphatic carbocycles. The highest BCUT2D eigenvalue weighted by Gasteiger charge is 2.18. The summed E-state index contributed by atoms with van der Waals surface area (Å²) >= 11 is 0. The minimum atomic E-state index is -0.496. The fourth-order valence-corrected chi connectivity index (χ4v) is 1.74. The molecule has 1 heterocycles. The van der Waals surface area contributed by atoms with Crippen molar-refractivity contribution in [1.29, 1.82) is 0 Å². The fourth-order valence-electron chi connectivity index (χ4n) is 1.74. The van der Waals surface area contributed by atoms with Crippen LogP contribution in [0.1, 0.15) is 26.3 Å². The van der Waals surface area contributed by atoms with E-state index in [9.17, 15) is 4.79 Å². The van der Waals surface area contributed by atoms with E-state index in [0.717, 1.165) is 16.5 Å². The second-order valence-corrected chi connectivity index (χ2v) is 5.19. The predicted octanol–water partition coefficient (Wildman–Crippen LogP) is 4.07. The van der Waals surface area contributed by atoms with Crippen molar-refractivity contribution in [2.75, 3.05) is 0 Å². The van der Waals surface area contributed by atoms with Crippen LogP contribution >= 0.6 is 0 Å². The first-order chi connectivity index (χ1) is 8.40. The number of fused-ring (bicyclic) bond motifs is 1. The fraction of sp³-hybridized carbons (Fsp3) is 0.267. The minimum Gasteiger partial charge on any atom is -0.443 e. The van der Waals surface area contributed by atoms with Gasteiger partial charge in [0.15, 0.2) is 0 Å². The van der Waals surface area contributed by atoms with Crippen LogP contribution in [0.5, 0.6) is 0 Å². The topological polar surface area (TPSA) is 31.2 Å². The molecule has 0 spiro atoms. The van der Waals surface area contributed by atoms with Crippen LogP contribution in [0.25, 0.3) is 17.0 Å². The highest BCUT2D eigenvalue weighted by molar-refractivity contribution is 5.90. The number of carbonyl (C=O) groups is 1. The lowest BCUT2D eigenvalue weighted by Crippen LogP contribution is -2.26. The van der Waals surface area contributed by atoms with E-state index in [2.05, 4.69) is 6.58 Å². The summed E-state index contributed by atoms with van der Waals surface area (Å²) < 4.78 is 6.88. The third-order valence-electron chi connectivity index (χ3n) is 2.54. The van der Waals surface area contributed by atoms with Gasteiger partial charge < -0.3 is 4.74 Å².